The van der Waals surface area contributed by atoms with Crippen molar-refractivity contribution >= 4 is 24.6 Å². The number of carbonyl (C=O) groups is 4. The van der Waals surface area contributed by atoms with Crippen molar-refractivity contribution < 1.29 is 77.5 Å². The van der Waals surface area contributed by atoms with Gasteiger partial charge in [0.1, 0.15) is 24.6 Å². The fourth-order valence-electron chi connectivity index (χ4n) is 6.85. The first-order valence-electron chi connectivity index (χ1n) is 17.5. The molecule has 48 heavy (non-hydrogen) atoms. The molecule has 5 N–H and O–H groups in total. The number of rotatable bonds is 5. The maximum atomic E-state index is 11.9. The monoisotopic (exact) mass is 713 g/mol. The molecule has 5 heterocycles. The number of carbonyl (C=O) groups excluding carboxylic acids is 4. The van der Waals surface area contributed by atoms with Gasteiger partial charge < -0.3 is 45.3 Å². The zero-order valence-corrected chi connectivity index (χ0v) is 35.0. The van der Waals surface area contributed by atoms with Gasteiger partial charge in [-0.25, -0.2) is 11.1 Å². The summed E-state index contributed by atoms with van der Waals surface area (Å²) in [5.74, 6) is 3.48. The van der Waals surface area contributed by atoms with E-state index in [1.54, 1.807) is 0 Å². The van der Waals surface area contributed by atoms with Crippen LogP contribution in [-0.2, 0) is 19.2 Å². The van der Waals surface area contributed by atoms with Gasteiger partial charge in [-0.05, 0) is 64.4 Å². The zero-order chi connectivity index (χ0) is 35.5. The number of fused-ring (bicyclic) bond motifs is 4. The fourth-order valence-corrected chi connectivity index (χ4v) is 6.85. The number of nitrogens with one attached hydrogen (secondary N) is 2. The molecule has 0 unspecified atom stereocenters. The quantitative estimate of drug-likeness (QED) is 0.199. The molecule has 5 rings (SSSR count). The van der Waals surface area contributed by atoms with Crippen LogP contribution in [0.3, 0.4) is 0 Å². The largest absolute Gasteiger partial charge is 1.00 e. The van der Waals surface area contributed by atoms with Crippen LogP contribution in [-0.4, -0.2) is 159 Å². The smallest absolute Gasteiger partial charge is 0.870 e. The standard InChI is InChI=1S/C11H20N2O.C11H22N2.C7H13NO.C2H7N.C2H4O.CH2O.K.H2N2.H2O.H2/c1-3-12-5-9-7-13(4-2)8-10(6-12)11(9)14;1-3-12-6-10-5-11(7-12)9-13(4-2)8-10;1-2-8-5-3-7(9)4-6-8;2*1-2-3;1-2;;1-2;;/h9-10H,3-8H2,1-2H3;10-11H,3-9H2,1-2H3;2-6H2,1H3;2-3H2,1H3;2H,1H3;1H2;;1-2H;1H2;1H/q;;;;;;+1;;;/p-1. The predicted octanol–water partition coefficient (Wildman–Crippen LogP) is 0.0646. The molecule has 5 aliphatic heterocycles. The summed E-state index contributed by atoms with van der Waals surface area (Å²) in [5.41, 5.74) is 14.8. The summed E-state index contributed by atoms with van der Waals surface area (Å²) in [5, 5.41) is 0. The zero-order valence-electron chi connectivity index (χ0n) is 31.9. The van der Waals surface area contributed by atoms with Crippen molar-refractivity contribution in [3.8, 4) is 0 Å². The number of likely N-dealkylation sites (tertiary alicyclic amines) is 5. The van der Waals surface area contributed by atoms with Gasteiger partial charge in [-0.3, -0.25) is 9.59 Å². The van der Waals surface area contributed by atoms with Crippen LogP contribution in [0.1, 0.15) is 69.2 Å². The van der Waals surface area contributed by atoms with Crippen LogP contribution in [0.25, 0.3) is 0 Å². The molecule has 5 fully saturated rings. The summed E-state index contributed by atoms with van der Waals surface area (Å²) in [7, 11) is 0. The minimum Gasteiger partial charge on any atom is -0.870 e. The second kappa shape index (κ2) is 35.1. The Labute approximate surface area is 336 Å². The van der Waals surface area contributed by atoms with Crippen LogP contribution >= 0.6 is 0 Å². The van der Waals surface area contributed by atoms with Gasteiger partial charge in [-0.1, -0.05) is 41.5 Å². The second-order valence-corrected chi connectivity index (χ2v) is 12.3. The van der Waals surface area contributed by atoms with E-state index in [9.17, 15) is 9.59 Å². The Morgan fingerprint density at radius 1 is 0.688 bits per heavy atom. The van der Waals surface area contributed by atoms with Crippen LogP contribution in [0.4, 0.5) is 0 Å². The number of nitrogens with two attached hydrogens (primary N) is 1. The van der Waals surface area contributed by atoms with Crippen molar-refractivity contribution in [2.75, 3.05) is 105 Å². The maximum Gasteiger partial charge on any atom is 1.00 e. The summed E-state index contributed by atoms with van der Waals surface area (Å²) in [6.07, 6.45) is 3.79. The molecule has 0 aromatic heterocycles. The van der Waals surface area contributed by atoms with Crippen molar-refractivity contribution in [1.29, 1.82) is 11.1 Å². The van der Waals surface area contributed by atoms with Crippen molar-refractivity contribution in [2.24, 2.45) is 29.4 Å². The molecule has 0 saturated carbocycles. The van der Waals surface area contributed by atoms with Gasteiger partial charge in [0.2, 0.25) is 0 Å². The van der Waals surface area contributed by atoms with E-state index >= 15 is 0 Å². The molecule has 13 nitrogen and oxygen atoms in total. The van der Waals surface area contributed by atoms with E-state index in [-0.39, 0.29) is 58.3 Å². The van der Waals surface area contributed by atoms with Crippen LogP contribution in [0.2, 0.25) is 0 Å². The maximum absolute atomic E-state index is 11.9. The Balaban J connectivity index is -0.000000172. The first kappa shape index (κ1) is 54.4. The van der Waals surface area contributed by atoms with E-state index in [4.69, 9.17) is 26.4 Å². The van der Waals surface area contributed by atoms with E-state index in [1.165, 1.54) is 52.6 Å². The SMILES string of the molecule is C=O.CC=O.CCN.CCN1CC2CC(C1)CN(CC)C2.CCN1CC2CN(CC)CC(C1)C2=O.CCN1CCC(=O)CC1.N=N.[HH].[K+].[OH-]. The van der Waals surface area contributed by atoms with Gasteiger partial charge in [0, 0.05) is 91.6 Å². The van der Waals surface area contributed by atoms with Gasteiger partial charge in [-0.15, -0.1) is 0 Å². The number of hydrogen-bond acceptors (Lipinski definition) is 13. The average molecular weight is 713 g/mol. The minimum atomic E-state index is 0. The third-order valence-electron chi connectivity index (χ3n) is 9.10. The summed E-state index contributed by atoms with van der Waals surface area (Å²) < 4.78 is 0. The number of piperidine rings is 5. The molecular formula is C34H73KN8O5. The summed E-state index contributed by atoms with van der Waals surface area (Å²) in [6.45, 7) is 34.3. The Bertz CT molecular complexity index is 734. The van der Waals surface area contributed by atoms with Crippen LogP contribution in [0, 0.1) is 34.7 Å². The van der Waals surface area contributed by atoms with E-state index in [1.807, 2.05) is 13.7 Å². The molecule has 280 valence electrons. The molecule has 4 bridgehead atoms. The third kappa shape index (κ3) is 22.5. The average Bonchev–Trinajstić information content (AvgIpc) is 3.07. The first-order chi connectivity index (χ1) is 22.2. The molecule has 0 amide bonds. The molecule has 0 atom stereocenters. The Morgan fingerprint density at radius 2 is 0.938 bits per heavy atom. The molecule has 5 saturated heterocycles. The number of ketones is 2. The molecule has 0 spiro atoms. The van der Waals surface area contributed by atoms with Gasteiger partial charge in [0.25, 0.3) is 0 Å². The molecule has 0 aromatic carbocycles. The molecule has 0 aliphatic carbocycles. The van der Waals surface area contributed by atoms with Crippen molar-refractivity contribution in [1.82, 2.24) is 24.5 Å². The fraction of sp³-hybridized carbons (Fsp3) is 0.882. The molecule has 0 radical (unpaired) electrons. The Morgan fingerprint density at radius 3 is 1.19 bits per heavy atom. The van der Waals surface area contributed by atoms with E-state index in [0.717, 1.165) is 96.4 Å². The van der Waals surface area contributed by atoms with Crippen molar-refractivity contribution in [3.05, 3.63) is 0 Å². The molecular weight excluding hydrogens is 640 g/mol. The van der Waals surface area contributed by atoms with Crippen molar-refractivity contribution in [3.63, 3.8) is 0 Å². The number of nitrogens with zero attached hydrogens (tertiary/aromatic N) is 5. The Hall–Kier alpha value is -0.364. The minimum absolute atomic E-state index is 0. The van der Waals surface area contributed by atoms with E-state index < -0.39 is 0 Å². The third-order valence-corrected chi connectivity index (χ3v) is 9.10. The van der Waals surface area contributed by atoms with Gasteiger partial charge in [-0.2, -0.15) is 0 Å². The first-order valence-corrected chi connectivity index (χ1v) is 17.5. The Kier molecular flexibility index (Phi) is 39.7. The number of aldehydes is 1. The molecule has 0 aromatic rings. The van der Waals surface area contributed by atoms with Gasteiger partial charge >= 0.3 is 51.4 Å². The van der Waals surface area contributed by atoms with E-state index in [2.05, 4.69) is 59.1 Å². The van der Waals surface area contributed by atoms with Crippen LogP contribution in [0.15, 0.2) is 0 Å². The van der Waals surface area contributed by atoms with Crippen molar-refractivity contribution in [2.45, 2.75) is 67.7 Å². The molecule has 14 heteroatoms. The number of Topliss-reactive ketones (excluding diaryl/α,β-unsaturated/α-hetero) is 2. The van der Waals surface area contributed by atoms with E-state index in [0.29, 0.717) is 23.4 Å². The summed E-state index contributed by atoms with van der Waals surface area (Å²) in [4.78, 5) is 51.8. The number of hydrogen-bond donors (Lipinski definition) is 3. The second-order valence-electron chi connectivity index (χ2n) is 12.3. The van der Waals surface area contributed by atoms with Gasteiger partial charge in [0.15, 0.2) is 0 Å². The normalized spacial score (nSPS) is 25.1. The van der Waals surface area contributed by atoms with Crippen LogP contribution < -0.4 is 57.1 Å². The topological polar surface area (TPSA) is 188 Å². The predicted molar refractivity (Wildman–Crippen MR) is 191 cm³/mol. The summed E-state index contributed by atoms with van der Waals surface area (Å²) >= 11 is 0. The molecule has 5 aliphatic rings. The summed E-state index contributed by atoms with van der Waals surface area (Å²) in [6, 6.07) is 0. The van der Waals surface area contributed by atoms with Gasteiger partial charge in [0.05, 0.1) is 0 Å². The van der Waals surface area contributed by atoms with Crippen LogP contribution in [0.5, 0.6) is 0 Å².